The molecule has 110 valence electrons. The molecule has 0 saturated carbocycles. The summed E-state index contributed by atoms with van der Waals surface area (Å²) in [7, 11) is 4.03. The lowest BCUT2D eigenvalue weighted by Gasteiger charge is -2.11. The van der Waals surface area contributed by atoms with Crippen LogP contribution in [0.2, 0.25) is 0 Å². The average Bonchev–Trinajstić information content (AvgIpc) is 2.53. The monoisotopic (exact) mass is 290 g/mol. The molecule has 3 aromatic rings. The minimum atomic E-state index is 0.829. The van der Waals surface area contributed by atoms with Crippen LogP contribution < -0.4 is 4.90 Å². The maximum atomic E-state index is 4.48. The highest BCUT2D eigenvalue weighted by molar-refractivity contribution is 5.81. The van der Waals surface area contributed by atoms with Crippen molar-refractivity contribution >= 4 is 28.0 Å². The summed E-state index contributed by atoms with van der Waals surface area (Å²) in [6.45, 7) is 1.99. The lowest BCUT2D eigenvalue weighted by molar-refractivity contribution is 1.13. The summed E-state index contributed by atoms with van der Waals surface area (Å²) in [6.07, 6.45) is 0. The van der Waals surface area contributed by atoms with Gasteiger partial charge in [-0.05, 0) is 55.5 Å². The van der Waals surface area contributed by atoms with Gasteiger partial charge in [-0.25, -0.2) is 0 Å². The number of azo groups is 1. The predicted octanol–water partition coefficient (Wildman–Crippen LogP) is 5.02. The number of hydrogen-bond acceptors (Lipinski definition) is 4. The Balaban J connectivity index is 1.84. The third kappa shape index (κ3) is 3.11. The van der Waals surface area contributed by atoms with Crippen molar-refractivity contribution in [1.82, 2.24) is 4.98 Å². The van der Waals surface area contributed by atoms with Gasteiger partial charge in [0.2, 0.25) is 0 Å². The van der Waals surface area contributed by atoms with Crippen molar-refractivity contribution in [2.75, 3.05) is 19.0 Å². The molecule has 0 aliphatic carbocycles. The molecule has 4 heteroatoms. The number of fused-ring (bicyclic) bond motifs is 1. The Hall–Kier alpha value is -2.75. The van der Waals surface area contributed by atoms with Crippen LogP contribution >= 0.6 is 0 Å². The molecule has 0 radical (unpaired) electrons. The Morgan fingerprint density at radius 2 is 1.50 bits per heavy atom. The Morgan fingerprint density at radius 1 is 0.818 bits per heavy atom. The van der Waals surface area contributed by atoms with E-state index in [9.17, 15) is 0 Å². The molecule has 1 heterocycles. The van der Waals surface area contributed by atoms with E-state index < -0.39 is 0 Å². The van der Waals surface area contributed by atoms with Gasteiger partial charge in [-0.3, -0.25) is 4.98 Å². The lowest BCUT2D eigenvalue weighted by atomic mass is 10.2. The van der Waals surface area contributed by atoms with Gasteiger partial charge in [0.05, 0.1) is 16.9 Å². The van der Waals surface area contributed by atoms with Crippen LogP contribution in [-0.2, 0) is 0 Å². The molecule has 2 aromatic carbocycles. The molecule has 0 aliphatic heterocycles. The Bertz CT molecular complexity index is 820. The van der Waals surface area contributed by atoms with E-state index in [1.807, 2.05) is 69.6 Å². The fraction of sp³-hybridized carbons (Fsp3) is 0.167. The first-order valence-corrected chi connectivity index (χ1v) is 7.18. The summed E-state index contributed by atoms with van der Waals surface area (Å²) in [6, 6.07) is 18.0. The van der Waals surface area contributed by atoms with E-state index in [0.717, 1.165) is 33.7 Å². The van der Waals surface area contributed by atoms with E-state index in [0.29, 0.717) is 0 Å². The summed E-state index contributed by atoms with van der Waals surface area (Å²) in [5, 5.41) is 9.67. The maximum absolute atomic E-state index is 4.48. The summed E-state index contributed by atoms with van der Waals surface area (Å²) < 4.78 is 0. The van der Waals surface area contributed by atoms with E-state index in [-0.39, 0.29) is 0 Å². The van der Waals surface area contributed by atoms with Gasteiger partial charge >= 0.3 is 0 Å². The summed E-state index contributed by atoms with van der Waals surface area (Å²) in [4.78, 5) is 6.54. The smallest absolute Gasteiger partial charge is 0.0864 e. The van der Waals surface area contributed by atoms with Gasteiger partial charge in [-0.2, -0.15) is 10.2 Å². The number of anilines is 1. The minimum absolute atomic E-state index is 0.829. The quantitative estimate of drug-likeness (QED) is 0.635. The zero-order valence-corrected chi connectivity index (χ0v) is 13.0. The normalized spacial score (nSPS) is 11.2. The molecular formula is C18H18N4. The lowest BCUT2D eigenvalue weighted by Crippen LogP contribution is -2.07. The highest BCUT2D eigenvalue weighted by Crippen LogP contribution is 2.24. The molecular weight excluding hydrogens is 272 g/mol. The maximum Gasteiger partial charge on any atom is 0.0864 e. The van der Waals surface area contributed by atoms with Crippen molar-refractivity contribution in [3.63, 3.8) is 0 Å². The van der Waals surface area contributed by atoms with Gasteiger partial charge in [-0.15, -0.1) is 0 Å². The van der Waals surface area contributed by atoms with Crippen LogP contribution in [0, 0.1) is 6.92 Å². The van der Waals surface area contributed by atoms with Crippen LogP contribution in [0.25, 0.3) is 10.9 Å². The predicted molar refractivity (Wildman–Crippen MR) is 91.4 cm³/mol. The number of hydrogen-bond donors (Lipinski definition) is 0. The third-order valence-corrected chi connectivity index (χ3v) is 3.46. The number of nitrogens with zero attached hydrogens (tertiary/aromatic N) is 4. The highest BCUT2D eigenvalue weighted by atomic mass is 15.1. The van der Waals surface area contributed by atoms with E-state index in [2.05, 4.69) is 26.2 Å². The van der Waals surface area contributed by atoms with Gasteiger partial charge in [0.1, 0.15) is 0 Å². The minimum Gasteiger partial charge on any atom is -0.378 e. The van der Waals surface area contributed by atoms with Crippen LogP contribution in [0.4, 0.5) is 17.1 Å². The first-order chi connectivity index (χ1) is 10.6. The number of pyridine rings is 1. The van der Waals surface area contributed by atoms with Crippen LogP contribution in [0.1, 0.15) is 5.69 Å². The molecule has 0 unspecified atom stereocenters. The molecule has 1 aromatic heterocycles. The SMILES string of the molecule is Cc1ccc2cc(N=Nc3ccc(N(C)C)cc3)ccc2n1. The van der Waals surface area contributed by atoms with Gasteiger partial charge in [-0.1, -0.05) is 6.07 Å². The molecule has 0 aliphatic rings. The molecule has 0 saturated heterocycles. The molecule has 22 heavy (non-hydrogen) atoms. The zero-order chi connectivity index (χ0) is 15.5. The number of aromatic nitrogens is 1. The second-order valence-corrected chi connectivity index (χ2v) is 5.44. The van der Waals surface area contributed by atoms with Crippen molar-refractivity contribution < 1.29 is 0 Å². The van der Waals surface area contributed by atoms with Gasteiger partial charge in [0.25, 0.3) is 0 Å². The second-order valence-electron chi connectivity index (χ2n) is 5.44. The zero-order valence-electron chi connectivity index (χ0n) is 13.0. The van der Waals surface area contributed by atoms with Crippen molar-refractivity contribution in [1.29, 1.82) is 0 Å². The largest absolute Gasteiger partial charge is 0.378 e. The van der Waals surface area contributed by atoms with Gasteiger partial charge < -0.3 is 4.90 Å². The third-order valence-electron chi connectivity index (χ3n) is 3.46. The first kappa shape index (κ1) is 14.2. The van der Waals surface area contributed by atoms with Crippen molar-refractivity contribution in [3.8, 4) is 0 Å². The summed E-state index contributed by atoms with van der Waals surface area (Å²) >= 11 is 0. The molecule has 3 rings (SSSR count). The van der Waals surface area contributed by atoms with Gasteiger partial charge in [0.15, 0.2) is 0 Å². The fourth-order valence-corrected chi connectivity index (χ4v) is 2.21. The molecule has 0 atom stereocenters. The number of rotatable bonds is 3. The highest BCUT2D eigenvalue weighted by Gasteiger charge is 1.98. The van der Waals surface area contributed by atoms with Gasteiger partial charge in [0, 0.05) is 30.9 Å². The summed E-state index contributed by atoms with van der Waals surface area (Å²) in [5.74, 6) is 0. The van der Waals surface area contributed by atoms with Crippen LogP contribution in [0.5, 0.6) is 0 Å². The number of aryl methyl sites for hydroxylation is 1. The van der Waals surface area contributed by atoms with Crippen LogP contribution in [0.3, 0.4) is 0 Å². The van der Waals surface area contributed by atoms with Crippen molar-refractivity contribution in [2.24, 2.45) is 10.2 Å². The van der Waals surface area contributed by atoms with E-state index in [1.165, 1.54) is 0 Å². The second kappa shape index (κ2) is 5.93. The standard InChI is InChI=1S/C18H18N4/c1-13-4-5-14-12-16(8-11-18(14)19-13)21-20-15-6-9-17(10-7-15)22(2)3/h4-12H,1-3H3. The summed E-state index contributed by atoms with van der Waals surface area (Å²) in [5.41, 5.74) is 4.81. The molecule has 0 fully saturated rings. The Morgan fingerprint density at radius 3 is 2.23 bits per heavy atom. The van der Waals surface area contributed by atoms with Crippen molar-refractivity contribution in [3.05, 3.63) is 60.3 Å². The first-order valence-electron chi connectivity index (χ1n) is 7.18. The Kier molecular flexibility index (Phi) is 3.83. The van der Waals surface area contributed by atoms with Crippen LogP contribution in [0.15, 0.2) is 64.8 Å². The Labute approximate surface area is 130 Å². The average molecular weight is 290 g/mol. The topological polar surface area (TPSA) is 40.9 Å². The van der Waals surface area contributed by atoms with Crippen molar-refractivity contribution in [2.45, 2.75) is 6.92 Å². The molecule has 0 spiro atoms. The fourth-order valence-electron chi connectivity index (χ4n) is 2.21. The molecule has 4 nitrogen and oxygen atoms in total. The molecule has 0 amide bonds. The van der Waals surface area contributed by atoms with E-state index in [4.69, 9.17) is 0 Å². The molecule has 0 bridgehead atoms. The van der Waals surface area contributed by atoms with E-state index >= 15 is 0 Å². The molecule has 0 N–H and O–H groups in total. The van der Waals surface area contributed by atoms with Crippen LogP contribution in [-0.4, -0.2) is 19.1 Å². The van der Waals surface area contributed by atoms with E-state index in [1.54, 1.807) is 0 Å². The number of benzene rings is 2.